The molecule has 1 aliphatic rings. The molecule has 0 aliphatic carbocycles. The smallest absolute Gasteiger partial charge is 0.250 e. The van der Waals surface area contributed by atoms with Crippen molar-refractivity contribution in [2.45, 2.75) is 32.9 Å². The summed E-state index contributed by atoms with van der Waals surface area (Å²) in [6, 6.07) is 10.1. The minimum absolute atomic E-state index is 0.0540. The lowest BCUT2D eigenvalue weighted by Gasteiger charge is -2.30. The highest BCUT2D eigenvalue weighted by molar-refractivity contribution is 5.81. The number of carbonyl (C=O) groups excluding carboxylic acids is 1. The van der Waals surface area contributed by atoms with Gasteiger partial charge < -0.3 is 15.0 Å². The summed E-state index contributed by atoms with van der Waals surface area (Å²) in [6.45, 7) is 8.11. The highest BCUT2D eigenvalue weighted by Crippen LogP contribution is 2.18. The molecule has 0 saturated carbocycles. The molecule has 0 bridgehead atoms. The summed E-state index contributed by atoms with van der Waals surface area (Å²) in [7, 11) is 2.00. The molecule has 0 spiro atoms. The van der Waals surface area contributed by atoms with Gasteiger partial charge >= 0.3 is 0 Å². The molecule has 0 unspecified atom stereocenters. The number of likely N-dealkylation sites (N-methyl/N-ethyl adjacent to an activating group) is 1. The Morgan fingerprint density at radius 3 is 2.64 bits per heavy atom. The second-order valence-electron chi connectivity index (χ2n) is 6.78. The van der Waals surface area contributed by atoms with Crippen molar-refractivity contribution in [1.82, 2.24) is 20.0 Å². The zero-order valence-corrected chi connectivity index (χ0v) is 15.3. The van der Waals surface area contributed by atoms with Crippen molar-refractivity contribution < 1.29 is 9.53 Å². The first-order valence-corrected chi connectivity index (χ1v) is 8.68. The molecule has 6 nitrogen and oxygen atoms in total. The summed E-state index contributed by atoms with van der Waals surface area (Å²) in [4.78, 5) is 14.5. The molecule has 1 saturated heterocycles. The summed E-state index contributed by atoms with van der Waals surface area (Å²) >= 11 is 0. The molecule has 0 radical (unpaired) electrons. The Morgan fingerprint density at radius 1 is 1.32 bits per heavy atom. The maximum absolute atomic E-state index is 12.4. The van der Waals surface area contributed by atoms with E-state index >= 15 is 0 Å². The molecule has 1 aliphatic heterocycles. The third-order valence-electron chi connectivity index (χ3n) is 4.57. The van der Waals surface area contributed by atoms with Crippen molar-refractivity contribution in [1.29, 1.82) is 0 Å². The van der Waals surface area contributed by atoms with E-state index in [1.54, 1.807) is 0 Å². The summed E-state index contributed by atoms with van der Waals surface area (Å²) in [5.74, 6) is -0.0540. The average molecular weight is 342 g/mol. The standard InChI is InChI=1S/C19H26N4O2/c1-13-11-14(2)23(21-13)17-7-5-16(6-8-17)15(3)20-19(24)18-12-22(4)9-10-25-18/h5-8,11,15,18H,9-10,12H2,1-4H3,(H,20,24)/t15-,18+/m1/s1. The first-order chi connectivity index (χ1) is 11.9. The van der Waals surface area contributed by atoms with E-state index in [1.807, 2.05) is 56.8 Å². The van der Waals surface area contributed by atoms with E-state index in [2.05, 4.69) is 21.4 Å². The Morgan fingerprint density at radius 2 is 2.04 bits per heavy atom. The lowest BCUT2D eigenvalue weighted by atomic mass is 10.1. The van der Waals surface area contributed by atoms with Gasteiger partial charge in [-0.1, -0.05) is 12.1 Å². The Hall–Kier alpha value is -2.18. The largest absolute Gasteiger partial charge is 0.366 e. The van der Waals surface area contributed by atoms with Crippen molar-refractivity contribution in [2.75, 3.05) is 26.7 Å². The molecule has 2 atom stereocenters. The van der Waals surface area contributed by atoms with Crippen LogP contribution < -0.4 is 5.32 Å². The van der Waals surface area contributed by atoms with E-state index in [9.17, 15) is 4.79 Å². The number of aromatic nitrogens is 2. The highest BCUT2D eigenvalue weighted by Gasteiger charge is 2.25. The van der Waals surface area contributed by atoms with Crippen molar-refractivity contribution >= 4 is 5.91 Å². The van der Waals surface area contributed by atoms with E-state index in [-0.39, 0.29) is 11.9 Å². The fraction of sp³-hybridized carbons (Fsp3) is 0.474. The van der Waals surface area contributed by atoms with E-state index in [0.717, 1.165) is 29.2 Å². The van der Waals surface area contributed by atoms with Gasteiger partial charge in [-0.25, -0.2) is 4.68 Å². The topological polar surface area (TPSA) is 59.4 Å². The number of ether oxygens (including phenoxy) is 1. The van der Waals surface area contributed by atoms with Crippen LogP contribution in [0.3, 0.4) is 0 Å². The number of aryl methyl sites for hydroxylation is 2. The van der Waals surface area contributed by atoms with Gasteiger partial charge in [0, 0.05) is 18.8 Å². The van der Waals surface area contributed by atoms with E-state index in [1.165, 1.54) is 0 Å². The van der Waals surface area contributed by atoms with Crippen molar-refractivity contribution in [3.8, 4) is 5.69 Å². The SMILES string of the molecule is Cc1cc(C)n(-c2ccc([C@@H](C)NC(=O)[C@@H]3CN(C)CCO3)cc2)n1. The molecule has 1 aromatic heterocycles. The molecular formula is C19H26N4O2. The molecule has 1 fully saturated rings. The number of morpholine rings is 1. The van der Waals surface area contributed by atoms with Gasteiger partial charge in [0.2, 0.25) is 0 Å². The number of rotatable bonds is 4. The van der Waals surface area contributed by atoms with Crippen LogP contribution in [0.1, 0.15) is 29.9 Å². The van der Waals surface area contributed by atoms with Gasteiger partial charge in [0.1, 0.15) is 6.10 Å². The van der Waals surface area contributed by atoms with Crippen LogP contribution in [0.2, 0.25) is 0 Å². The lowest BCUT2D eigenvalue weighted by molar-refractivity contribution is -0.138. The van der Waals surface area contributed by atoms with Crippen molar-refractivity contribution in [3.05, 3.63) is 47.3 Å². The molecule has 1 aromatic carbocycles. The second-order valence-corrected chi connectivity index (χ2v) is 6.78. The third-order valence-corrected chi connectivity index (χ3v) is 4.57. The predicted octanol–water partition coefficient (Wildman–Crippen LogP) is 2.00. The summed E-state index contributed by atoms with van der Waals surface area (Å²) in [6.07, 6.45) is -0.393. The molecule has 6 heteroatoms. The minimum Gasteiger partial charge on any atom is -0.366 e. The Balaban J connectivity index is 1.65. The average Bonchev–Trinajstić information content (AvgIpc) is 2.93. The van der Waals surface area contributed by atoms with Crippen LogP contribution in [0.4, 0.5) is 0 Å². The molecule has 1 amide bonds. The van der Waals surface area contributed by atoms with Crippen LogP contribution in [-0.4, -0.2) is 53.4 Å². The fourth-order valence-electron chi connectivity index (χ4n) is 3.12. The molecule has 2 aromatic rings. The zero-order valence-electron chi connectivity index (χ0n) is 15.3. The first kappa shape index (κ1) is 17.6. The molecule has 3 rings (SSSR count). The van der Waals surface area contributed by atoms with Crippen LogP contribution in [-0.2, 0) is 9.53 Å². The van der Waals surface area contributed by atoms with Gasteiger partial charge in [-0.3, -0.25) is 4.79 Å². The summed E-state index contributed by atoms with van der Waals surface area (Å²) in [5.41, 5.74) is 4.18. The quantitative estimate of drug-likeness (QED) is 0.923. The zero-order chi connectivity index (χ0) is 18.0. The fourth-order valence-corrected chi connectivity index (χ4v) is 3.12. The monoisotopic (exact) mass is 342 g/mol. The van der Waals surface area contributed by atoms with Gasteiger partial charge in [-0.15, -0.1) is 0 Å². The number of nitrogens with zero attached hydrogens (tertiary/aromatic N) is 3. The number of carbonyl (C=O) groups is 1. The van der Waals surface area contributed by atoms with Crippen LogP contribution in [0.25, 0.3) is 5.69 Å². The normalized spacial score (nSPS) is 19.6. The molecule has 25 heavy (non-hydrogen) atoms. The van der Waals surface area contributed by atoms with E-state index < -0.39 is 6.10 Å². The number of benzene rings is 1. The van der Waals surface area contributed by atoms with Crippen LogP contribution >= 0.6 is 0 Å². The van der Waals surface area contributed by atoms with Gasteiger partial charge in [0.05, 0.1) is 24.0 Å². The van der Waals surface area contributed by atoms with Gasteiger partial charge in [-0.05, 0) is 51.6 Å². The number of hydrogen-bond acceptors (Lipinski definition) is 4. The number of hydrogen-bond donors (Lipinski definition) is 1. The minimum atomic E-state index is -0.393. The first-order valence-electron chi connectivity index (χ1n) is 8.68. The number of nitrogens with one attached hydrogen (secondary N) is 1. The second kappa shape index (κ2) is 7.37. The highest BCUT2D eigenvalue weighted by atomic mass is 16.5. The molecule has 1 N–H and O–H groups in total. The Labute approximate surface area is 148 Å². The van der Waals surface area contributed by atoms with Gasteiger partial charge in [-0.2, -0.15) is 5.10 Å². The maximum Gasteiger partial charge on any atom is 0.250 e. The van der Waals surface area contributed by atoms with Crippen LogP contribution in [0.5, 0.6) is 0 Å². The van der Waals surface area contributed by atoms with Crippen LogP contribution in [0.15, 0.2) is 30.3 Å². The van der Waals surface area contributed by atoms with E-state index in [0.29, 0.717) is 13.2 Å². The molecule has 134 valence electrons. The molecule has 2 heterocycles. The Bertz CT molecular complexity index is 738. The van der Waals surface area contributed by atoms with Crippen molar-refractivity contribution in [2.24, 2.45) is 0 Å². The molecular weight excluding hydrogens is 316 g/mol. The van der Waals surface area contributed by atoms with Gasteiger partial charge in [0.15, 0.2) is 0 Å². The van der Waals surface area contributed by atoms with Crippen molar-refractivity contribution in [3.63, 3.8) is 0 Å². The van der Waals surface area contributed by atoms with Gasteiger partial charge in [0.25, 0.3) is 5.91 Å². The Kier molecular flexibility index (Phi) is 5.20. The van der Waals surface area contributed by atoms with E-state index in [4.69, 9.17) is 4.74 Å². The lowest BCUT2D eigenvalue weighted by Crippen LogP contribution is -2.48. The summed E-state index contributed by atoms with van der Waals surface area (Å²) < 4.78 is 7.50. The summed E-state index contributed by atoms with van der Waals surface area (Å²) in [5, 5.41) is 7.55. The predicted molar refractivity (Wildman–Crippen MR) is 96.8 cm³/mol. The van der Waals surface area contributed by atoms with Crippen LogP contribution in [0, 0.1) is 13.8 Å². The number of amides is 1. The maximum atomic E-state index is 12.4. The third kappa shape index (κ3) is 4.08.